The summed E-state index contributed by atoms with van der Waals surface area (Å²) >= 11 is 0. The first-order valence-corrected chi connectivity index (χ1v) is 5.66. The van der Waals surface area contributed by atoms with Crippen LogP contribution in [-0.2, 0) is 4.79 Å². The number of carbonyl (C=O) groups excluding carboxylic acids is 1. The molecule has 0 radical (unpaired) electrons. The average molecular weight is 244 g/mol. The third-order valence-electron chi connectivity index (χ3n) is 2.59. The molecule has 0 aromatic rings. The van der Waals surface area contributed by atoms with Gasteiger partial charge in [-0.1, -0.05) is 20.8 Å². The molecule has 0 saturated carbocycles. The van der Waals surface area contributed by atoms with E-state index in [-0.39, 0.29) is 18.4 Å². The summed E-state index contributed by atoms with van der Waals surface area (Å²) in [5.74, 6) is -1.08. The van der Waals surface area contributed by atoms with Crippen molar-refractivity contribution in [2.24, 2.45) is 5.41 Å². The maximum atomic E-state index is 11.8. The standard InChI is InChI=1S/C11H20N2O4/c1-11(2,3)6-12-10(17)13-5-7(14)4-8(13)9(15)16/h7-8,14H,4-6H2,1-3H3,(H,12,17)(H,15,16)/t7-,8-/m1/s1. The second-order valence-electron chi connectivity index (χ2n) is 5.62. The van der Waals surface area contributed by atoms with Crippen LogP contribution in [0.1, 0.15) is 27.2 Å². The molecule has 0 unspecified atom stereocenters. The summed E-state index contributed by atoms with van der Waals surface area (Å²) in [6.45, 7) is 6.46. The molecule has 98 valence electrons. The van der Waals surface area contributed by atoms with E-state index >= 15 is 0 Å². The number of aliphatic hydroxyl groups is 1. The van der Waals surface area contributed by atoms with E-state index in [2.05, 4.69) is 5.32 Å². The molecular weight excluding hydrogens is 224 g/mol. The molecule has 1 saturated heterocycles. The Morgan fingerprint density at radius 2 is 2.00 bits per heavy atom. The van der Waals surface area contributed by atoms with Gasteiger partial charge in [-0.15, -0.1) is 0 Å². The molecule has 1 rings (SSSR count). The van der Waals surface area contributed by atoms with Gasteiger partial charge in [0.15, 0.2) is 0 Å². The fourth-order valence-corrected chi connectivity index (χ4v) is 1.71. The summed E-state index contributed by atoms with van der Waals surface area (Å²) in [4.78, 5) is 23.9. The number of aliphatic hydroxyl groups excluding tert-OH is 1. The summed E-state index contributed by atoms with van der Waals surface area (Å²) in [6.07, 6.45) is -0.658. The minimum absolute atomic E-state index is 0.0628. The van der Waals surface area contributed by atoms with Crippen LogP contribution < -0.4 is 5.32 Å². The van der Waals surface area contributed by atoms with Gasteiger partial charge in [-0.05, 0) is 5.41 Å². The number of carbonyl (C=O) groups is 2. The van der Waals surface area contributed by atoms with Crippen molar-refractivity contribution in [3.8, 4) is 0 Å². The largest absolute Gasteiger partial charge is 0.480 e. The van der Waals surface area contributed by atoms with Crippen LogP contribution >= 0.6 is 0 Å². The lowest BCUT2D eigenvalue weighted by atomic mass is 9.97. The molecule has 0 aliphatic carbocycles. The van der Waals surface area contributed by atoms with Gasteiger partial charge >= 0.3 is 12.0 Å². The van der Waals surface area contributed by atoms with Gasteiger partial charge in [0.05, 0.1) is 6.10 Å². The zero-order valence-electron chi connectivity index (χ0n) is 10.4. The first-order chi connectivity index (χ1) is 7.70. The number of nitrogens with zero attached hydrogens (tertiary/aromatic N) is 1. The normalized spacial score (nSPS) is 24.8. The van der Waals surface area contributed by atoms with Crippen LogP contribution in [0.15, 0.2) is 0 Å². The van der Waals surface area contributed by atoms with Crippen molar-refractivity contribution in [1.29, 1.82) is 0 Å². The van der Waals surface area contributed by atoms with Crippen molar-refractivity contribution >= 4 is 12.0 Å². The fourth-order valence-electron chi connectivity index (χ4n) is 1.71. The van der Waals surface area contributed by atoms with Crippen LogP contribution in [0.2, 0.25) is 0 Å². The van der Waals surface area contributed by atoms with E-state index in [9.17, 15) is 14.7 Å². The lowest BCUT2D eigenvalue weighted by Gasteiger charge is -2.25. The minimum Gasteiger partial charge on any atom is -0.480 e. The van der Waals surface area contributed by atoms with Crippen molar-refractivity contribution in [1.82, 2.24) is 10.2 Å². The average Bonchev–Trinajstić information content (AvgIpc) is 2.55. The highest BCUT2D eigenvalue weighted by Crippen LogP contribution is 2.18. The van der Waals surface area contributed by atoms with E-state index in [0.29, 0.717) is 6.54 Å². The van der Waals surface area contributed by atoms with Crippen molar-refractivity contribution in [2.45, 2.75) is 39.3 Å². The molecule has 0 spiro atoms. The Morgan fingerprint density at radius 3 is 2.47 bits per heavy atom. The van der Waals surface area contributed by atoms with Crippen LogP contribution in [0, 0.1) is 5.41 Å². The van der Waals surface area contributed by atoms with Crippen LogP contribution in [0.4, 0.5) is 4.79 Å². The number of hydrogen-bond acceptors (Lipinski definition) is 3. The predicted octanol–water partition coefficient (Wildman–Crippen LogP) is 0.262. The van der Waals surface area contributed by atoms with Crippen LogP contribution in [0.25, 0.3) is 0 Å². The van der Waals surface area contributed by atoms with Gasteiger partial charge in [0.2, 0.25) is 0 Å². The quantitative estimate of drug-likeness (QED) is 0.650. The summed E-state index contributed by atoms with van der Waals surface area (Å²) in [5.41, 5.74) is -0.0628. The van der Waals surface area contributed by atoms with E-state index < -0.39 is 24.1 Å². The topological polar surface area (TPSA) is 89.9 Å². The van der Waals surface area contributed by atoms with Gasteiger partial charge in [-0.2, -0.15) is 0 Å². The number of nitrogens with one attached hydrogen (secondary N) is 1. The monoisotopic (exact) mass is 244 g/mol. The Kier molecular flexibility index (Phi) is 3.98. The van der Waals surface area contributed by atoms with Crippen molar-refractivity contribution < 1.29 is 19.8 Å². The third-order valence-corrected chi connectivity index (χ3v) is 2.59. The highest BCUT2D eigenvalue weighted by atomic mass is 16.4. The number of rotatable bonds is 2. The maximum Gasteiger partial charge on any atom is 0.326 e. The summed E-state index contributed by atoms with van der Waals surface area (Å²) in [7, 11) is 0. The molecule has 2 amide bonds. The molecule has 0 aromatic carbocycles. The number of urea groups is 1. The number of amides is 2. The number of aliphatic carboxylic acids is 1. The Labute approximate surface area is 101 Å². The van der Waals surface area contributed by atoms with Crippen LogP contribution in [0.5, 0.6) is 0 Å². The first-order valence-electron chi connectivity index (χ1n) is 5.66. The van der Waals surface area contributed by atoms with Crippen molar-refractivity contribution in [3.63, 3.8) is 0 Å². The number of β-amino-alcohol motifs (C(OH)–C–C–N with tert-alkyl or cyclic N) is 1. The van der Waals surface area contributed by atoms with Gasteiger partial charge in [-0.25, -0.2) is 9.59 Å². The highest BCUT2D eigenvalue weighted by Gasteiger charge is 2.39. The molecular formula is C11H20N2O4. The smallest absolute Gasteiger partial charge is 0.326 e. The van der Waals surface area contributed by atoms with E-state index in [1.165, 1.54) is 4.90 Å². The highest BCUT2D eigenvalue weighted by molar-refractivity contribution is 5.83. The molecule has 6 heteroatoms. The number of likely N-dealkylation sites (tertiary alicyclic amines) is 1. The van der Waals surface area contributed by atoms with Crippen LogP contribution in [-0.4, -0.2) is 52.3 Å². The molecule has 3 N–H and O–H groups in total. The molecule has 1 aliphatic heterocycles. The summed E-state index contributed by atoms with van der Waals surface area (Å²) in [5, 5.41) is 21.0. The zero-order chi connectivity index (χ0) is 13.2. The molecule has 0 bridgehead atoms. The van der Waals surface area contributed by atoms with E-state index in [1.807, 2.05) is 20.8 Å². The number of carboxylic acid groups (broad SMARTS) is 1. The first kappa shape index (κ1) is 13.8. The Balaban J connectivity index is 2.59. The SMILES string of the molecule is CC(C)(C)CNC(=O)N1C[C@H](O)C[C@@H]1C(=O)O. The van der Waals surface area contributed by atoms with Gasteiger partial charge in [0.25, 0.3) is 0 Å². The molecule has 17 heavy (non-hydrogen) atoms. The number of carboxylic acids is 1. The van der Waals surface area contributed by atoms with E-state index in [4.69, 9.17) is 5.11 Å². The molecule has 6 nitrogen and oxygen atoms in total. The lowest BCUT2D eigenvalue weighted by molar-refractivity contribution is -0.141. The molecule has 2 atom stereocenters. The number of hydrogen-bond donors (Lipinski definition) is 3. The van der Waals surface area contributed by atoms with E-state index in [0.717, 1.165) is 0 Å². The second kappa shape index (κ2) is 4.91. The van der Waals surface area contributed by atoms with Gasteiger partial charge in [-0.3, -0.25) is 0 Å². The summed E-state index contributed by atoms with van der Waals surface area (Å²) < 4.78 is 0. The molecule has 1 heterocycles. The molecule has 1 fully saturated rings. The molecule has 0 aromatic heterocycles. The van der Waals surface area contributed by atoms with Gasteiger partial charge < -0.3 is 20.4 Å². The molecule has 1 aliphatic rings. The predicted molar refractivity (Wildman–Crippen MR) is 61.6 cm³/mol. The van der Waals surface area contributed by atoms with E-state index in [1.54, 1.807) is 0 Å². The Bertz CT molecular complexity index is 311. The minimum atomic E-state index is -1.08. The van der Waals surface area contributed by atoms with Gasteiger partial charge in [0.1, 0.15) is 6.04 Å². The Morgan fingerprint density at radius 1 is 1.41 bits per heavy atom. The Hall–Kier alpha value is -1.30. The van der Waals surface area contributed by atoms with Crippen molar-refractivity contribution in [2.75, 3.05) is 13.1 Å². The zero-order valence-corrected chi connectivity index (χ0v) is 10.4. The lowest BCUT2D eigenvalue weighted by Crippen LogP contribution is -2.47. The van der Waals surface area contributed by atoms with Gasteiger partial charge in [0, 0.05) is 19.5 Å². The summed E-state index contributed by atoms with van der Waals surface area (Å²) in [6, 6.07) is -1.35. The maximum absolute atomic E-state index is 11.8. The third kappa shape index (κ3) is 3.89. The second-order valence-corrected chi connectivity index (χ2v) is 5.62. The van der Waals surface area contributed by atoms with Crippen LogP contribution in [0.3, 0.4) is 0 Å². The van der Waals surface area contributed by atoms with Crippen molar-refractivity contribution in [3.05, 3.63) is 0 Å². The fraction of sp³-hybridized carbons (Fsp3) is 0.818.